The molecular weight excluding hydrogens is 445 g/mol. The van der Waals surface area contributed by atoms with Gasteiger partial charge in [-0.2, -0.15) is 4.31 Å². The zero-order valence-corrected chi connectivity index (χ0v) is 19.3. The minimum absolute atomic E-state index is 0.128. The number of nitrogens with zero attached hydrogens (tertiary/aromatic N) is 3. The predicted molar refractivity (Wildman–Crippen MR) is 121 cm³/mol. The second-order valence-corrected chi connectivity index (χ2v) is 9.99. The van der Waals surface area contributed by atoms with Crippen LogP contribution in [-0.2, 0) is 14.8 Å². The third-order valence-electron chi connectivity index (χ3n) is 5.26. The van der Waals surface area contributed by atoms with Gasteiger partial charge in [-0.3, -0.25) is 4.79 Å². The number of halogens is 2. The molecule has 162 valence electrons. The van der Waals surface area contributed by atoms with Gasteiger partial charge in [-0.05, 0) is 48.9 Å². The van der Waals surface area contributed by atoms with E-state index in [9.17, 15) is 13.2 Å². The van der Waals surface area contributed by atoms with E-state index in [0.29, 0.717) is 36.2 Å². The van der Waals surface area contributed by atoms with Crippen LogP contribution in [0.4, 0.5) is 5.69 Å². The summed E-state index contributed by atoms with van der Waals surface area (Å²) in [4.78, 5) is 16.9. The van der Waals surface area contributed by atoms with E-state index < -0.39 is 10.0 Å². The van der Waals surface area contributed by atoms with Gasteiger partial charge in [-0.25, -0.2) is 8.42 Å². The number of hydrogen-bond donors (Lipinski definition) is 0. The number of carbonyl (C=O) groups excluding carboxylic acids is 1. The number of sulfonamides is 1. The number of piperazine rings is 1. The summed E-state index contributed by atoms with van der Waals surface area (Å²) in [5, 5.41) is 1.14. The molecule has 1 amide bonds. The number of rotatable bonds is 6. The lowest BCUT2D eigenvalue weighted by Crippen LogP contribution is -2.52. The van der Waals surface area contributed by atoms with Crippen molar-refractivity contribution in [2.24, 2.45) is 0 Å². The highest BCUT2D eigenvalue weighted by molar-refractivity contribution is 7.89. The summed E-state index contributed by atoms with van der Waals surface area (Å²) in [5.41, 5.74) is 2.19. The zero-order valence-electron chi connectivity index (χ0n) is 17.0. The van der Waals surface area contributed by atoms with Crippen molar-refractivity contribution >= 4 is 44.8 Å². The van der Waals surface area contributed by atoms with E-state index in [-0.39, 0.29) is 23.9 Å². The fraction of sp³-hybridized carbons (Fsp3) is 0.381. The van der Waals surface area contributed by atoms with E-state index in [1.54, 1.807) is 11.8 Å². The molecule has 1 heterocycles. The summed E-state index contributed by atoms with van der Waals surface area (Å²) in [6.07, 6.45) is 0. The first-order chi connectivity index (χ1) is 14.2. The van der Waals surface area contributed by atoms with Crippen molar-refractivity contribution in [3.8, 4) is 0 Å². The molecule has 3 rings (SSSR count). The Morgan fingerprint density at radius 3 is 2.20 bits per heavy atom. The first-order valence-corrected chi connectivity index (χ1v) is 12.0. The summed E-state index contributed by atoms with van der Waals surface area (Å²) < 4.78 is 27.0. The van der Waals surface area contributed by atoms with Crippen LogP contribution in [0.3, 0.4) is 0 Å². The van der Waals surface area contributed by atoms with Gasteiger partial charge < -0.3 is 9.80 Å². The van der Waals surface area contributed by atoms with Crippen LogP contribution >= 0.6 is 23.2 Å². The Hall–Kier alpha value is -1.80. The van der Waals surface area contributed by atoms with E-state index in [1.165, 1.54) is 28.6 Å². The SMILES string of the molecule is CCN(CC(=O)N1CCN(c2cc(Cl)ccc2C)CC1)S(=O)(=O)c1ccc(Cl)cc1. The van der Waals surface area contributed by atoms with Crippen LogP contribution in [0.5, 0.6) is 0 Å². The average molecular weight is 470 g/mol. The molecule has 0 radical (unpaired) electrons. The van der Waals surface area contributed by atoms with Gasteiger partial charge in [0.1, 0.15) is 0 Å². The Balaban J connectivity index is 1.64. The Labute approximate surface area is 188 Å². The lowest BCUT2D eigenvalue weighted by Gasteiger charge is -2.37. The molecule has 30 heavy (non-hydrogen) atoms. The summed E-state index contributed by atoms with van der Waals surface area (Å²) >= 11 is 12.0. The number of hydrogen-bond acceptors (Lipinski definition) is 4. The number of likely N-dealkylation sites (N-methyl/N-ethyl adjacent to an activating group) is 1. The Morgan fingerprint density at radius 2 is 1.60 bits per heavy atom. The van der Waals surface area contributed by atoms with Gasteiger partial charge in [0.25, 0.3) is 0 Å². The molecule has 0 aromatic heterocycles. The van der Waals surface area contributed by atoms with Crippen molar-refractivity contribution in [2.75, 3.05) is 44.2 Å². The Morgan fingerprint density at radius 1 is 1.00 bits per heavy atom. The predicted octanol–water partition coefficient (Wildman–Crippen LogP) is 3.66. The van der Waals surface area contributed by atoms with Gasteiger partial charge in [-0.1, -0.05) is 36.2 Å². The van der Waals surface area contributed by atoms with Crippen LogP contribution < -0.4 is 4.90 Å². The van der Waals surface area contributed by atoms with E-state index in [0.717, 1.165) is 11.3 Å². The molecule has 0 atom stereocenters. The van der Waals surface area contributed by atoms with Gasteiger partial charge in [0.05, 0.1) is 11.4 Å². The smallest absolute Gasteiger partial charge is 0.243 e. The second-order valence-electron chi connectivity index (χ2n) is 7.18. The Bertz CT molecular complexity index is 1000. The number of carbonyl (C=O) groups is 1. The fourth-order valence-corrected chi connectivity index (χ4v) is 5.18. The maximum Gasteiger partial charge on any atom is 0.243 e. The highest BCUT2D eigenvalue weighted by Crippen LogP contribution is 2.25. The zero-order chi connectivity index (χ0) is 21.9. The third kappa shape index (κ3) is 5.09. The monoisotopic (exact) mass is 469 g/mol. The highest BCUT2D eigenvalue weighted by Gasteiger charge is 2.29. The summed E-state index contributed by atoms with van der Waals surface area (Å²) in [5.74, 6) is -0.197. The first-order valence-electron chi connectivity index (χ1n) is 9.77. The molecule has 1 saturated heterocycles. The van der Waals surface area contributed by atoms with E-state index in [4.69, 9.17) is 23.2 Å². The molecule has 9 heteroatoms. The van der Waals surface area contributed by atoms with Crippen LogP contribution in [0.1, 0.15) is 12.5 Å². The third-order valence-corrected chi connectivity index (χ3v) is 7.68. The second kappa shape index (κ2) is 9.56. The van der Waals surface area contributed by atoms with Crippen LogP contribution in [0.25, 0.3) is 0 Å². The van der Waals surface area contributed by atoms with Crippen LogP contribution in [-0.4, -0.2) is 62.8 Å². The van der Waals surface area contributed by atoms with Crippen molar-refractivity contribution in [1.82, 2.24) is 9.21 Å². The van der Waals surface area contributed by atoms with Gasteiger partial charge >= 0.3 is 0 Å². The molecular formula is C21H25Cl2N3O3S. The van der Waals surface area contributed by atoms with E-state index in [1.807, 2.05) is 25.1 Å². The van der Waals surface area contributed by atoms with Crippen molar-refractivity contribution in [1.29, 1.82) is 0 Å². The van der Waals surface area contributed by atoms with E-state index in [2.05, 4.69) is 4.90 Å². The molecule has 0 aliphatic carbocycles. The molecule has 0 unspecified atom stereocenters. The van der Waals surface area contributed by atoms with Gasteiger partial charge in [-0.15, -0.1) is 0 Å². The molecule has 0 N–H and O–H groups in total. The van der Waals surface area contributed by atoms with Crippen LogP contribution in [0, 0.1) is 6.92 Å². The molecule has 6 nitrogen and oxygen atoms in total. The van der Waals surface area contributed by atoms with Crippen molar-refractivity contribution in [3.05, 3.63) is 58.1 Å². The molecule has 1 aliphatic rings. The van der Waals surface area contributed by atoms with Gasteiger partial charge in [0, 0.05) is 48.5 Å². The fourth-order valence-electron chi connectivity index (χ4n) is 3.49. The molecule has 2 aromatic carbocycles. The number of amides is 1. The summed E-state index contributed by atoms with van der Waals surface area (Å²) in [6.45, 7) is 6.18. The lowest BCUT2D eigenvalue weighted by atomic mass is 10.1. The number of benzene rings is 2. The number of anilines is 1. The topological polar surface area (TPSA) is 60.9 Å². The van der Waals surface area contributed by atoms with E-state index >= 15 is 0 Å². The number of aryl methyl sites for hydroxylation is 1. The minimum atomic E-state index is -3.76. The van der Waals surface area contributed by atoms with Crippen molar-refractivity contribution < 1.29 is 13.2 Å². The van der Waals surface area contributed by atoms with Crippen LogP contribution in [0.2, 0.25) is 10.0 Å². The molecule has 1 aliphatic heterocycles. The lowest BCUT2D eigenvalue weighted by molar-refractivity contribution is -0.131. The molecule has 2 aromatic rings. The van der Waals surface area contributed by atoms with Gasteiger partial charge in [0.2, 0.25) is 15.9 Å². The van der Waals surface area contributed by atoms with Gasteiger partial charge in [0.15, 0.2) is 0 Å². The molecule has 1 fully saturated rings. The standard InChI is InChI=1S/C21H25Cl2N3O3S/c1-3-26(30(28,29)19-8-6-17(22)7-9-19)15-21(27)25-12-10-24(11-13-25)20-14-18(23)5-4-16(20)2/h4-9,14H,3,10-13,15H2,1-2H3. The summed E-state index contributed by atoms with van der Waals surface area (Å²) in [6, 6.07) is 11.7. The first kappa shape index (κ1) is 22.9. The average Bonchev–Trinajstić information content (AvgIpc) is 2.74. The Kier molecular flexibility index (Phi) is 7.29. The normalized spacial score (nSPS) is 15.0. The largest absolute Gasteiger partial charge is 0.368 e. The van der Waals surface area contributed by atoms with Crippen molar-refractivity contribution in [2.45, 2.75) is 18.7 Å². The quantitative estimate of drug-likeness (QED) is 0.647. The summed E-state index contributed by atoms with van der Waals surface area (Å²) in [7, 11) is -3.76. The molecule has 0 saturated carbocycles. The highest BCUT2D eigenvalue weighted by atomic mass is 35.5. The van der Waals surface area contributed by atoms with Crippen molar-refractivity contribution in [3.63, 3.8) is 0 Å². The maximum atomic E-state index is 12.9. The molecule has 0 spiro atoms. The minimum Gasteiger partial charge on any atom is -0.368 e. The van der Waals surface area contributed by atoms with Crippen LogP contribution in [0.15, 0.2) is 47.4 Å². The molecule has 0 bridgehead atoms. The maximum absolute atomic E-state index is 12.9.